The van der Waals surface area contributed by atoms with Crippen molar-refractivity contribution in [1.29, 1.82) is 0 Å². The monoisotopic (exact) mass is 590 g/mol. The number of hydrogen-bond donors (Lipinski definition) is 1. The largest absolute Gasteiger partial charge is 0.488 e. The van der Waals surface area contributed by atoms with E-state index in [1.807, 2.05) is 55.4 Å². The molecule has 1 aromatic carbocycles. The number of likely N-dealkylation sites (tertiary alicyclic amines) is 2. The number of anilines is 1. The number of aromatic nitrogens is 3. The molecule has 11 nitrogen and oxygen atoms in total. The molecule has 2 aromatic heterocycles. The average molecular weight is 591 g/mol. The number of amides is 3. The zero-order chi connectivity index (χ0) is 30.7. The number of carbonyl (C=O) groups excluding carboxylic acids is 3. The molecule has 230 valence electrons. The Balaban J connectivity index is 1.52. The lowest BCUT2D eigenvalue weighted by atomic mass is 10.1. The van der Waals surface area contributed by atoms with E-state index in [4.69, 9.17) is 14.5 Å². The average Bonchev–Trinajstić information content (AvgIpc) is 3.13. The van der Waals surface area contributed by atoms with E-state index in [9.17, 15) is 14.4 Å². The van der Waals surface area contributed by atoms with Crippen molar-refractivity contribution in [3.8, 4) is 5.75 Å². The van der Waals surface area contributed by atoms with Crippen molar-refractivity contribution in [2.75, 3.05) is 31.5 Å². The fourth-order valence-electron chi connectivity index (χ4n) is 5.81. The number of aryl methyl sites for hydroxylation is 1. The second-order valence-electron chi connectivity index (χ2n) is 12.5. The first kappa shape index (κ1) is 30.3. The minimum Gasteiger partial charge on any atom is -0.488 e. The van der Waals surface area contributed by atoms with E-state index in [-0.39, 0.29) is 30.1 Å². The highest BCUT2D eigenvalue weighted by Crippen LogP contribution is 2.36. The van der Waals surface area contributed by atoms with Gasteiger partial charge in [0.15, 0.2) is 0 Å². The highest BCUT2D eigenvalue weighted by atomic mass is 16.6. The smallest absolute Gasteiger partial charge is 0.410 e. The summed E-state index contributed by atoms with van der Waals surface area (Å²) in [4.78, 5) is 51.1. The molecule has 0 spiro atoms. The number of hydrogen-bond acceptors (Lipinski definition) is 7. The van der Waals surface area contributed by atoms with Gasteiger partial charge >= 0.3 is 6.09 Å². The van der Waals surface area contributed by atoms with Crippen molar-refractivity contribution in [2.24, 2.45) is 0 Å². The summed E-state index contributed by atoms with van der Waals surface area (Å²) in [5, 5.41) is 3.04. The molecule has 43 heavy (non-hydrogen) atoms. The summed E-state index contributed by atoms with van der Waals surface area (Å²) >= 11 is 0. The fraction of sp³-hybridized carbons (Fsp3) is 0.531. The van der Waals surface area contributed by atoms with Gasteiger partial charge in [-0.2, -0.15) is 0 Å². The molecule has 3 aromatic rings. The molecule has 0 aliphatic carbocycles. The molecule has 0 bridgehead atoms. The minimum atomic E-state index is -0.610. The number of carbonyl (C=O) groups is 3. The predicted octanol–water partition coefficient (Wildman–Crippen LogP) is 5.34. The number of para-hydroxylation sites is 1. The molecular formula is C32H42N6O5. The first-order valence-electron chi connectivity index (χ1n) is 15.1. The lowest BCUT2D eigenvalue weighted by Crippen LogP contribution is -2.40. The van der Waals surface area contributed by atoms with E-state index in [1.54, 1.807) is 30.2 Å². The SMILES string of the molecule is CC(=O)N1CCC(Oc2cccc3nc(NC(=O)c4ccnc(C)c4)n(C4CCCCN(C(=O)OC(C)(C)C)C4)c23)CC1. The topological polar surface area (TPSA) is 119 Å². The molecule has 3 amide bonds. The molecule has 2 aliphatic rings. The normalized spacial score (nSPS) is 18.3. The van der Waals surface area contributed by atoms with Crippen molar-refractivity contribution < 1.29 is 23.9 Å². The maximum atomic E-state index is 13.4. The Labute approximate surface area is 252 Å². The predicted molar refractivity (Wildman–Crippen MR) is 163 cm³/mol. The molecule has 0 saturated carbocycles. The van der Waals surface area contributed by atoms with Crippen molar-refractivity contribution in [1.82, 2.24) is 24.3 Å². The highest BCUT2D eigenvalue weighted by Gasteiger charge is 2.31. The van der Waals surface area contributed by atoms with Crippen LogP contribution in [0.1, 0.15) is 81.9 Å². The second kappa shape index (κ2) is 12.6. The summed E-state index contributed by atoms with van der Waals surface area (Å²) in [5.41, 5.74) is 2.07. The third kappa shape index (κ3) is 7.26. The van der Waals surface area contributed by atoms with Crippen LogP contribution >= 0.6 is 0 Å². The summed E-state index contributed by atoms with van der Waals surface area (Å²) in [6.07, 6.45) is 5.18. The van der Waals surface area contributed by atoms with Gasteiger partial charge in [0.1, 0.15) is 23.0 Å². The Morgan fingerprint density at radius 1 is 1.00 bits per heavy atom. The number of fused-ring (bicyclic) bond motifs is 1. The number of nitrogens with zero attached hydrogens (tertiary/aromatic N) is 5. The number of ether oxygens (including phenoxy) is 2. The van der Waals surface area contributed by atoms with Gasteiger partial charge in [-0.3, -0.25) is 19.9 Å². The standard InChI is InChI=1S/C32H42N6O5/c1-21-19-23(12-15-33-21)29(40)35-30-34-26-10-8-11-27(42-25-13-17-36(18-14-25)22(2)39)28(26)38(30)24-9-6-7-16-37(20-24)31(41)43-32(3,4)5/h8,10-12,15,19,24-25H,6-7,9,13-14,16-18,20H2,1-5H3,(H,34,35,40). The Morgan fingerprint density at radius 2 is 1.77 bits per heavy atom. The molecule has 2 fully saturated rings. The number of rotatable bonds is 5. The van der Waals surface area contributed by atoms with Crippen LogP contribution in [0.4, 0.5) is 10.7 Å². The summed E-state index contributed by atoms with van der Waals surface area (Å²) in [5.74, 6) is 0.845. The van der Waals surface area contributed by atoms with Crippen LogP contribution < -0.4 is 10.1 Å². The van der Waals surface area contributed by atoms with Crippen LogP contribution in [0.2, 0.25) is 0 Å². The third-order valence-electron chi connectivity index (χ3n) is 7.90. The summed E-state index contributed by atoms with van der Waals surface area (Å²) < 4.78 is 14.4. The van der Waals surface area contributed by atoms with Crippen LogP contribution in [0, 0.1) is 6.92 Å². The van der Waals surface area contributed by atoms with Crippen LogP contribution in [-0.2, 0) is 9.53 Å². The maximum absolute atomic E-state index is 13.4. The van der Waals surface area contributed by atoms with Gasteiger partial charge in [0, 0.05) is 63.4 Å². The van der Waals surface area contributed by atoms with Gasteiger partial charge in [-0.05, 0) is 71.2 Å². The summed E-state index contributed by atoms with van der Waals surface area (Å²) in [7, 11) is 0. The van der Waals surface area contributed by atoms with Crippen molar-refractivity contribution in [2.45, 2.75) is 84.5 Å². The van der Waals surface area contributed by atoms with E-state index < -0.39 is 5.60 Å². The number of imidazole rings is 1. The summed E-state index contributed by atoms with van der Waals surface area (Å²) in [6.45, 7) is 11.3. The van der Waals surface area contributed by atoms with Crippen molar-refractivity contribution in [3.05, 3.63) is 47.8 Å². The Kier molecular flexibility index (Phi) is 8.89. The first-order chi connectivity index (χ1) is 20.5. The highest BCUT2D eigenvalue weighted by molar-refractivity contribution is 6.04. The van der Waals surface area contributed by atoms with Crippen LogP contribution in [0.3, 0.4) is 0 Å². The number of pyridine rings is 1. The molecule has 5 rings (SSSR count). The number of benzene rings is 1. The molecule has 11 heteroatoms. The van der Waals surface area contributed by atoms with Crippen LogP contribution in [0.25, 0.3) is 11.0 Å². The van der Waals surface area contributed by atoms with Gasteiger partial charge in [-0.25, -0.2) is 9.78 Å². The van der Waals surface area contributed by atoms with E-state index >= 15 is 0 Å². The Bertz CT molecular complexity index is 1490. The quantitative estimate of drug-likeness (QED) is 0.426. The van der Waals surface area contributed by atoms with Crippen LogP contribution in [0.5, 0.6) is 5.75 Å². The molecule has 1 N–H and O–H groups in total. The molecule has 2 aliphatic heterocycles. The molecule has 4 heterocycles. The first-order valence-corrected chi connectivity index (χ1v) is 15.1. The Hall–Kier alpha value is -4.15. The minimum absolute atomic E-state index is 0.0604. The third-order valence-corrected chi connectivity index (χ3v) is 7.90. The molecule has 2 saturated heterocycles. The van der Waals surface area contributed by atoms with Crippen molar-refractivity contribution in [3.63, 3.8) is 0 Å². The van der Waals surface area contributed by atoms with Crippen molar-refractivity contribution >= 4 is 34.9 Å². The zero-order valence-electron chi connectivity index (χ0n) is 25.8. The zero-order valence-corrected chi connectivity index (χ0v) is 25.8. The van der Waals surface area contributed by atoms with E-state index in [1.165, 1.54) is 0 Å². The second-order valence-corrected chi connectivity index (χ2v) is 12.5. The van der Waals surface area contributed by atoms with E-state index in [0.29, 0.717) is 49.0 Å². The van der Waals surface area contributed by atoms with Gasteiger partial charge in [0.2, 0.25) is 11.9 Å². The van der Waals surface area contributed by atoms with Gasteiger partial charge in [0.25, 0.3) is 5.91 Å². The number of piperidine rings is 1. The molecule has 1 atom stereocenters. The molecular weight excluding hydrogens is 548 g/mol. The maximum Gasteiger partial charge on any atom is 0.410 e. The lowest BCUT2D eigenvalue weighted by molar-refractivity contribution is -0.130. The summed E-state index contributed by atoms with van der Waals surface area (Å²) in [6, 6.07) is 8.97. The van der Waals surface area contributed by atoms with Crippen LogP contribution in [0.15, 0.2) is 36.5 Å². The fourth-order valence-corrected chi connectivity index (χ4v) is 5.81. The molecule has 0 radical (unpaired) electrons. The lowest BCUT2D eigenvalue weighted by Gasteiger charge is -2.32. The molecule has 1 unspecified atom stereocenters. The number of nitrogens with one attached hydrogen (secondary N) is 1. The van der Waals surface area contributed by atoms with Gasteiger partial charge in [-0.1, -0.05) is 6.07 Å². The Morgan fingerprint density at radius 3 is 2.47 bits per heavy atom. The van der Waals surface area contributed by atoms with Gasteiger partial charge in [0.05, 0.1) is 11.6 Å². The van der Waals surface area contributed by atoms with E-state index in [2.05, 4.69) is 10.3 Å². The van der Waals surface area contributed by atoms with Gasteiger partial charge < -0.3 is 23.8 Å². The van der Waals surface area contributed by atoms with Gasteiger partial charge in [-0.15, -0.1) is 0 Å². The van der Waals surface area contributed by atoms with Crippen LogP contribution in [-0.4, -0.2) is 80.1 Å². The van der Waals surface area contributed by atoms with E-state index in [0.717, 1.165) is 43.3 Å².